The molecule has 5 aromatic rings. The van der Waals surface area contributed by atoms with E-state index in [1.165, 1.54) is 98.5 Å². The highest BCUT2D eigenvalue weighted by atomic mass is 32.1. The van der Waals surface area contributed by atoms with Gasteiger partial charge in [-0.1, -0.05) is 101 Å². The molecule has 55 heavy (non-hydrogen) atoms. The lowest BCUT2D eigenvalue weighted by Crippen LogP contribution is -2.10. The Morgan fingerprint density at radius 2 is 1.13 bits per heavy atom. The molecule has 0 aliphatic carbocycles. The van der Waals surface area contributed by atoms with Gasteiger partial charge in [0, 0.05) is 42.6 Å². The summed E-state index contributed by atoms with van der Waals surface area (Å²) in [6, 6.07) is 36.7. The summed E-state index contributed by atoms with van der Waals surface area (Å²) < 4.78 is 4.74. The Hall–Kier alpha value is -5.74. The van der Waals surface area contributed by atoms with Crippen molar-refractivity contribution in [1.82, 2.24) is 0 Å². The molecule has 3 aromatic carbocycles. The van der Waals surface area contributed by atoms with Gasteiger partial charge >= 0.3 is 5.97 Å². The second-order valence-corrected chi connectivity index (χ2v) is 15.5. The van der Waals surface area contributed by atoms with Crippen LogP contribution in [0.2, 0.25) is 0 Å². The monoisotopic (exact) mass is 767 g/mol. The first-order chi connectivity index (χ1) is 26.9. The first-order valence-electron chi connectivity index (χ1n) is 18.8. The van der Waals surface area contributed by atoms with Gasteiger partial charge in [-0.05, 0) is 96.3 Å². The zero-order valence-corrected chi connectivity index (χ0v) is 32.7. The third-order valence-corrected chi connectivity index (χ3v) is 11.4. The number of thiophene rings is 2. The summed E-state index contributed by atoms with van der Waals surface area (Å²) in [7, 11) is 0. The standard InChI is InChI=1S/C46H45N3O4S2/c1-2-3-4-5-6-7-8-9-10-11-12-34-13-19-38(20-14-34)49(39-21-15-35(16-22-39)44-27-25-42(54-44)29-37(31-47)46(51)52)40-23-17-36(18-24-40)45-28-26-43(55-45)30-41(32-48)53-33-50/h13-30,33H,2-12H2,1H3,(H,51,52)/b37-29+,41-30+. The van der Waals surface area contributed by atoms with Crippen molar-refractivity contribution in [3.05, 3.63) is 124 Å². The molecule has 0 saturated carbocycles. The molecule has 0 bridgehead atoms. The van der Waals surface area contributed by atoms with Gasteiger partial charge in [0.1, 0.15) is 17.7 Å². The third kappa shape index (κ3) is 11.9. The number of nitriles is 2. The Bertz CT molecular complexity index is 2150. The van der Waals surface area contributed by atoms with Crippen molar-refractivity contribution in [2.75, 3.05) is 4.90 Å². The van der Waals surface area contributed by atoms with E-state index in [2.05, 4.69) is 84.6 Å². The van der Waals surface area contributed by atoms with E-state index in [0.29, 0.717) is 4.88 Å². The predicted molar refractivity (Wildman–Crippen MR) is 225 cm³/mol. The van der Waals surface area contributed by atoms with Gasteiger partial charge in [0.05, 0.1) is 0 Å². The Balaban J connectivity index is 1.33. The lowest BCUT2D eigenvalue weighted by Gasteiger charge is -2.26. The number of unbranched alkanes of at least 4 members (excludes halogenated alkanes) is 9. The predicted octanol–water partition coefficient (Wildman–Crippen LogP) is 13.1. The van der Waals surface area contributed by atoms with Gasteiger partial charge in [-0.15, -0.1) is 22.7 Å². The number of nitrogens with zero attached hydrogens (tertiary/aromatic N) is 3. The molecule has 9 heteroatoms. The number of ether oxygens (including phenoxy) is 1. The average molecular weight is 768 g/mol. The Labute approximate surface area is 332 Å². The van der Waals surface area contributed by atoms with Crippen LogP contribution in [0.5, 0.6) is 0 Å². The molecule has 0 aliphatic rings. The Kier molecular flexibility index (Phi) is 15.6. The molecule has 0 amide bonds. The van der Waals surface area contributed by atoms with Gasteiger partial charge in [0.15, 0.2) is 0 Å². The second-order valence-electron chi connectivity index (χ2n) is 13.2. The van der Waals surface area contributed by atoms with Gasteiger partial charge in [-0.2, -0.15) is 10.5 Å². The normalized spacial score (nSPS) is 11.5. The number of aliphatic carboxylic acids is 1. The van der Waals surface area contributed by atoms with Gasteiger partial charge in [-0.25, -0.2) is 4.79 Å². The molecule has 2 heterocycles. The topological polar surface area (TPSA) is 114 Å². The lowest BCUT2D eigenvalue weighted by molar-refractivity contribution is -0.132. The van der Waals surface area contributed by atoms with Crippen molar-refractivity contribution in [3.63, 3.8) is 0 Å². The zero-order chi connectivity index (χ0) is 38.8. The molecule has 0 fully saturated rings. The highest BCUT2D eigenvalue weighted by Gasteiger charge is 2.15. The number of aryl methyl sites for hydroxylation is 1. The number of allylic oxidation sites excluding steroid dienone is 1. The molecule has 0 saturated heterocycles. The van der Waals surface area contributed by atoms with E-state index < -0.39 is 5.97 Å². The summed E-state index contributed by atoms with van der Waals surface area (Å²) in [6.07, 6.45) is 17.2. The molecule has 0 spiro atoms. The third-order valence-electron chi connectivity index (χ3n) is 9.28. The summed E-state index contributed by atoms with van der Waals surface area (Å²) in [5.74, 6) is -1.30. The number of hydrogen-bond acceptors (Lipinski definition) is 8. The highest BCUT2D eigenvalue weighted by molar-refractivity contribution is 7.16. The summed E-state index contributed by atoms with van der Waals surface area (Å²) in [5.41, 5.74) is 6.06. The van der Waals surface area contributed by atoms with Gasteiger partial charge in [0.2, 0.25) is 5.76 Å². The van der Waals surface area contributed by atoms with E-state index in [1.807, 2.05) is 30.3 Å². The molecular weight excluding hydrogens is 723 g/mol. The fraction of sp³-hybridized carbons (Fsp3) is 0.261. The maximum atomic E-state index is 11.3. The number of benzene rings is 3. The first-order valence-corrected chi connectivity index (χ1v) is 20.4. The Morgan fingerprint density at radius 1 is 0.655 bits per heavy atom. The van der Waals surface area contributed by atoms with Crippen LogP contribution in [0.4, 0.5) is 17.1 Å². The molecule has 2 aromatic heterocycles. The Morgan fingerprint density at radius 3 is 1.58 bits per heavy atom. The largest absolute Gasteiger partial charge is 0.477 e. The maximum Gasteiger partial charge on any atom is 0.346 e. The van der Waals surface area contributed by atoms with Crippen molar-refractivity contribution < 1.29 is 19.4 Å². The van der Waals surface area contributed by atoms with E-state index >= 15 is 0 Å². The molecule has 5 rings (SSSR count). The highest BCUT2D eigenvalue weighted by Crippen LogP contribution is 2.39. The molecule has 0 atom stereocenters. The SMILES string of the molecule is CCCCCCCCCCCCc1ccc(N(c2ccc(-c3ccc(/C=C(\C#N)OC=O)s3)cc2)c2ccc(-c3ccc(/C=C(\C#N)C(=O)O)s3)cc2)cc1. The minimum atomic E-state index is -1.24. The van der Waals surface area contributed by atoms with E-state index in [4.69, 9.17) is 4.74 Å². The first kappa shape index (κ1) is 40.4. The van der Waals surface area contributed by atoms with Gasteiger partial charge in [-0.3, -0.25) is 4.79 Å². The number of hydrogen-bond donors (Lipinski definition) is 1. The molecule has 280 valence electrons. The van der Waals surface area contributed by atoms with Crippen LogP contribution in [0, 0.1) is 22.7 Å². The number of carboxylic acid groups (broad SMARTS) is 1. The van der Waals surface area contributed by atoms with Crippen molar-refractivity contribution >= 4 is 64.3 Å². The quantitative estimate of drug-likeness (QED) is 0.0260. The molecule has 0 radical (unpaired) electrons. The maximum absolute atomic E-state index is 11.3. The minimum Gasteiger partial charge on any atom is -0.477 e. The zero-order valence-electron chi connectivity index (χ0n) is 31.1. The molecule has 7 nitrogen and oxygen atoms in total. The fourth-order valence-corrected chi connectivity index (χ4v) is 8.26. The average Bonchev–Trinajstić information content (AvgIpc) is 3.89. The molecule has 1 N–H and O–H groups in total. The molecule has 0 unspecified atom stereocenters. The summed E-state index contributed by atoms with van der Waals surface area (Å²) in [6.45, 7) is 2.51. The smallest absolute Gasteiger partial charge is 0.346 e. The van der Waals surface area contributed by atoms with Crippen molar-refractivity contribution in [1.29, 1.82) is 10.5 Å². The van der Waals surface area contributed by atoms with Crippen LogP contribution in [0.25, 0.3) is 33.0 Å². The van der Waals surface area contributed by atoms with E-state index in [-0.39, 0.29) is 17.8 Å². The number of anilines is 3. The summed E-state index contributed by atoms with van der Waals surface area (Å²) in [5, 5.41) is 27.7. The lowest BCUT2D eigenvalue weighted by atomic mass is 10.0. The van der Waals surface area contributed by atoms with Crippen molar-refractivity contribution in [3.8, 4) is 33.0 Å². The van der Waals surface area contributed by atoms with Crippen molar-refractivity contribution in [2.24, 2.45) is 0 Å². The fourth-order valence-electron chi connectivity index (χ4n) is 6.35. The number of rotatable bonds is 21. The van der Waals surface area contributed by atoms with Crippen LogP contribution in [-0.2, 0) is 20.7 Å². The summed E-state index contributed by atoms with van der Waals surface area (Å²) >= 11 is 2.93. The number of carboxylic acids is 1. The van der Waals surface area contributed by atoms with Crippen LogP contribution in [0.1, 0.15) is 86.4 Å². The second kappa shape index (κ2) is 21.2. The minimum absolute atomic E-state index is 0.0578. The van der Waals surface area contributed by atoms with Crippen LogP contribution < -0.4 is 4.90 Å². The van der Waals surface area contributed by atoms with Crippen LogP contribution in [0.3, 0.4) is 0 Å². The van der Waals surface area contributed by atoms with Gasteiger partial charge < -0.3 is 14.7 Å². The number of carbonyl (C=O) groups excluding carboxylic acids is 1. The van der Waals surface area contributed by atoms with Crippen LogP contribution in [0.15, 0.2) is 108 Å². The number of carbonyl (C=O) groups is 2. The molecule has 0 aliphatic heterocycles. The van der Waals surface area contributed by atoms with E-state index in [0.717, 1.165) is 49.2 Å². The molecular formula is C46H45N3O4S2. The summed E-state index contributed by atoms with van der Waals surface area (Å²) in [4.78, 5) is 27.8. The van der Waals surface area contributed by atoms with Crippen LogP contribution >= 0.6 is 22.7 Å². The van der Waals surface area contributed by atoms with Gasteiger partial charge in [0.25, 0.3) is 6.47 Å². The van der Waals surface area contributed by atoms with E-state index in [9.17, 15) is 25.2 Å². The van der Waals surface area contributed by atoms with Crippen LogP contribution in [-0.4, -0.2) is 17.5 Å². The van der Waals surface area contributed by atoms with Crippen molar-refractivity contribution in [2.45, 2.75) is 77.6 Å². The van der Waals surface area contributed by atoms with E-state index in [1.54, 1.807) is 12.1 Å².